The van der Waals surface area contributed by atoms with Crippen LogP contribution in [0.4, 0.5) is 4.79 Å². The summed E-state index contributed by atoms with van der Waals surface area (Å²) in [5, 5.41) is 0. The largest absolute Gasteiger partial charge is 0.445 e. The lowest BCUT2D eigenvalue weighted by molar-refractivity contribution is -0.111. The van der Waals surface area contributed by atoms with Crippen molar-refractivity contribution in [2.75, 3.05) is 7.05 Å². The van der Waals surface area contributed by atoms with Gasteiger partial charge in [-0.25, -0.2) is 4.79 Å². The van der Waals surface area contributed by atoms with Crippen LogP contribution in [0.15, 0.2) is 60.7 Å². The zero-order valence-electron chi connectivity index (χ0n) is 12.5. The van der Waals surface area contributed by atoms with Crippen LogP contribution in [0.5, 0.6) is 0 Å². The van der Waals surface area contributed by atoms with Gasteiger partial charge in [0.15, 0.2) is 0 Å². The molecule has 0 N–H and O–H groups in total. The Morgan fingerprint density at radius 1 is 1.05 bits per heavy atom. The molecule has 1 atom stereocenters. The number of hydrogen-bond acceptors (Lipinski definition) is 3. The van der Waals surface area contributed by atoms with Crippen molar-refractivity contribution in [2.24, 2.45) is 0 Å². The zero-order chi connectivity index (χ0) is 15.8. The Morgan fingerprint density at radius 3 is 2.14 bits per heavy atom. The Bertz CT molecular complexity index is 598. The number of likely N-dealkylation sites (N-methyl/N-ethyl adjacent to an activating group) is 1. The molecule has 0 aliphatic carbocycles. The van der Waals surface area contributed by atoms with Crippen LogP contribution in [0.25, 0.3) is 0 Å². The monoisotopic (exact) mass is 297 g/mol. The molecule has 2 rings (SSSR count). The summed E-state index contributed by atoms with van der Waals surface area (Å²) >= 11 is 0. The summed E-state index contributed by atoms with van der Waals surface area (Å²) in [5.41, 5.74) is 1.91. The summed E-state index contributed by atoms with van der Waals surface area (Å²) in [6, 6.07) is 18.5. The molecule has 4 heteroatoms. The van der Waals surface area contributed by atoms with Crippen LogP contribution in [-0.2, 0) is 22.6 Å². The van der Waals surface area contributed by atoms with Crippen LogP contribution < -0.4 is 0 Å². The maximum absolute atomic E-state index is 12.1. The summed E-state index contributed by atoms with van der Waals surface area (Å²) in [7, 11) is 1.58. The molecule has 0 radical (unpaired) electrons. The molecule has 0 spiro atoms. The third kappa shape index (κ3) is 4.45. The molecule has 1 amide bonds. The number of nitrogens with zero attached hydrogens (tertiary/aromatic N) is 1. The van der Waals surface area contributed by atoms with E-state index in [0.29, 0.717) is 6.42 Å². The predicted molar refractivity (Wildman–Crippen MR) is 84.4 cm³/mol. The Morgan fingerprint density at radius 2 is 1.59 bits per heavy atom. The fourth-order valence-electron chi connectivity index (χ4n) is 2.09. The van der Waals surface area contributed by atoms with Crippen LogP contribution in [-0.4, -0.2) is 30.4 Å². The van der Waals surface area contributed by atoms with Gasteiger partial charge in [-0.05, 0) is 17.5 Å². The third-order valence-electron chi connectivity index (χ3n) is 3.44. The lowest BCUT2D eigenvalue weighted by atomic mass is 10.1. The van der Waals surface area contributed by atoms with E-state index in [0.717, 1.165) is 17.4 Å². The van der Waals surface area contributed by atoms with E-state index in [9.17, 15) is 9.59 Å². The second-order valence-electron chi connectivity index (χ2n) is 5.04. The first-order valence-corrected chi connectivity index (χ1v) is 7.13. The summed E-state index contributed by atoms with van der Waals surface area (Å²) in [6.45, 7) is 0.195. The highest BCUT2D eigenvalue weighted by atomic mass is 16.6. The maximum Gasteiger partial charge on any atom is 0.410 e. The fourth-order valence-corrected chi connectivity index (χ4v) is 2.09. The van der Waals surface area contributed by atoms with Crippen molar-refractivity contribution in [3.05, 3.63) is 71.8 Å². The molecule has 0 unspecified atom stereocenters. The molecule has 2 aromatic carbocycles. The molecule has 114 valence electrons. The number of ether oxygens (including phenoxy) is 1. The minimum Gasteiger partial charge on any atom is -0.445 e. The van der Waals surface area contributed by atoms with E-state index >= 15 is 0 Å². The van der Waals surface area contributed by atoms with Gasteiger partial charge in [0.2, 0.25) is 0 Å². The van der Waals surface area contributed by atoms with Gasteiger partial charge in [0.1, 0.15) is 12.9 Å². The Balaban J connectivity index is 1.91. The van der Waals surface area contributed by atoms with Gasteiger partial charge < -0.3 is 14.4 Å². The molecule has 22 heavy (non-hydrogen) atoms. The van der Waals surface area contributed by atoms with Gasteiger partial charge in [-0.3, -0.25) is 0 Å². The maximum atomic E-state index is 12.1. The molecule has 0 fully saturated rings. The number of aldehydes is 1. The van der Waals surface area contributed by atoms with Crippen molar-refractivity contribution in [1.82, 2.24) is 4.90 Å². The van der Waals surface area contributed by atoms with E-state index in [1.54, 1.807) is 7.05 Å². The Hall–Kier alpha value is -2.62. The van der Waals surface area contributed by atoms with E-state index in [-0.39, 0.29) is 6.61 Å². The van der Waals surface area contributed by atoms with Crippen LogP contribution in [0.2, 0.25) is 0 Å². The van der Waals surface area contributed by atoms with Crippen molar-refractivity contribution < 1.29 is 14.3 Å². The SMILES string of the molecule is CN(C(=O)OCc1ccccc1)[C@H](C=O)Cc1ccccc1. The number of hydrogen-bond donors (Lipinski definition) is 0. The quantitative estimate of drug-likeness (QED) is 0.770. The summed E-state index contributed by atoms with van der Waals surface area (Å²) in [5.74, 6) is 0. The van der Waals surface area contributed by atoms with Gasteiger partial charge in [0.05, 0.1) is 6.04 Å². The molecule has 0 saturated heterocycles. The van der Waals surface area contributed by atoms with E-state index < -0.39 is 12.1 Å². The van der Waals surface area contributed by atoms with Crippen LogP contribution in [0.3, 0.4) is 0 Å². The minimum absolute atomic E-state index is 0.195. The second-order valence-corrected chi connectivity index (χ2v) is 5.04. The average Bonchev–Trinajstić information content (AvgIpc) is 2.58. The van der Waals surface area contributed by atoms with E-state index in [2.05, 4.69) is 0 Å². The van der Waals surface area contributed by atoms with Crippen LogP contribution >= 0.6 is 0 Å². The molecule has 2 aromatic rings. The number of benzene rings is 2. The summed E-state index contributed by atoms with van der Waals surface area (Å²) in [4.78, 5) is 24.7. The molecular formula is C18H19NO3. The summed E-state index contributed by atoms with van der Waals surface area (Å²) in [6.07, 6.45) is 0.745. The topological polar surface area (TPSA) is 46.6 Å². The van der Waals surface area contributed by atoms with Gasteiger partial charge in [-0.15, -0.1) is 0 Å². The first-order valence-electron chi connectivity index (χ1n) is 7.13. The highest BCUT2D eigenvalue weighted by Gasteiger charge is 2.20. The minimum atomic E-state index is -0.536. The third-order valence-corrected chi connectivity index (χ3v) is 3.44. The number of carbonyl (C=O) groups is 2. The first-order chi connectivity index (χ1) is 10.7. The lowest BCUT2D eigenvalue weighted by Gasteiger charge is -2.23. The van der Waals surface area contributed by atoms with Crippen molar-refractivity contribution in [3.8, 4) is 0 Å². The number of rotatable bonds is 6. The van der Waals surface area contributed by atoms with Gasteiger partial charge >= 0.3 is 6.09 Å². The molecule has 0 saturated carbocycles. The molecule has 0 aliphatic heterocycles. The Labute approximate surface area is 130 Å². The number of carbonyl (C=O) groups excluding carboxylic acids is 2. The molecule has 4 nitrogen and oxygen atoms in total. The van der Waals surface area contributed by atoms with Gasteiger partial charge in [-0.1, -0.05) is 60.7 Å². The smallest absolute Gasteiger partial charge is 0.410 e. The standard InChI is InChI=1S/C18H19NO3/c1-19(17(13-20)12-15-8-4-2-5-9-15)18(21)22-14-16-10-6-3-7-11-16/h2-11,13,17H,12,14H2,1H3/t17-/m0/s1. The highest BCUT2D eigenvalue weighted by Crippen LogP contribution is 2.09. The molecular weight excluding hydrogens is 278 g/mol. The average molecular weight is 297 g/mol. The molecule has 0 bridgehead atoms. The molecule has 0 aromatic heterocycles. The van der Waals surface area contributed by atoms with Crippen molar-refractivity contribution >= 4 is 12.4 Å². The van der Waals surface area contributed by atoms with Crippen LogP contribution in [0, 0.1) is 0 Å². The normalized spacial score (nSPS) is 11.5. The van der Waals surface area contributed by atoms with E-state index in [1.165, 1.54) is 4.90 Å². The van der Waals surface area contributed by atoms with Crippen molar-refractivity contribution in [2.45, 2.75) is 19.1 Å². The van der Waals surface area contributed by atoms with E-state index in [4.69, 9.17) is 4.74 Å². The Kier molecular flexibility index (Phi) is 5.72. The van der Waals surface area contributed by atoms with Crippen molar-refractivity contribution in [1.29, 1.82) is 0 Å². The van der Waals surface area contributed by atoms with Crippen molar-refractivity contribution in [3.63, 3.8) is 0 Å². The van der Waals surface area contributed by atoms with Crippen LogP contribution in [0.1, 0.15) is 11.1 Å². The lowest BCUT2D eigenvalue weighted by Crippen LogP contribution is -2.39. The second kappa shape index (κ2) is 7.98. The predicted octanol–water partition coefficient (Wildman–Crippen LogP) is 3.07. The highest BCUT2D eigenvalue weighted by molar-refractivity contribution is 5.73. The first kappa shape index (κ1) is 15.8. The molecule has 0 heterocycles. The fraction of sp³-hybridized carbons (Fsp3) is 0.222. The van der Waals surface area contributed by atoms with Gasteiger partial charge in [-0.2, -0.15) is 0 Å². The molecule has 0 aliphatic rings. The van der Waals surface area contributed by atoms with Gasteiger partial charge in [0, 0.05) is 7.05 Å². The number of amides is 1. The van der Waals surface area contributed by atoms with E-state index in [1.807, 2.05) is 60.7 Å². The summed E-state index contributed by atoms with van der Waals surface area (Å²) < 4.78 is 5.24. The zero-order valence-corrected chi connectivity index (χ0v) is 12.5. The van der Waals surface area contributed by atoms with Gasteiger partial charge in [0.25, 0.3) is 0 Å².